The number of piperidine rings is 2. The average Bonchev–Trinajstić information content (AvgIpc) is 2.69. The van der Waals surface area contributed by atoms with E-state index < -0.39 is 0 Å². The highest BCUT2D eigenvalue weighted by Crippen LogP contribution is 2.24. The molecule has 3 N–H and O–H groups in total. The first-order chi connectivity index (χ1) is 13.1. The number of hydrogen-bond acceptors (Lipinski definition) is 4. The molecule has 2 unspecified atom stereocenters. The third-order valence-electron chi connectivity index (χ3n) is 5.60. The van der Waals surface area contributed by atoms with E-state index in [9.17, 15) is 4.79 Å². The fourth-order valence-electron chi connectivity index (χ4n) is 4.14. The van der Waals surface area contributed by atoms with Crippen molar-refractivity contribution in [3.05, 3.63) is 23.9 Å². The van der Waals surface area contributed by atoms with Crippen molar-refractivity contribution in [3.63, 3.8) is 0 Å². The number of carbonyl (C=O) groups excluding carboxylic acids is 1. The number of rotatable bonds is 4. The molecule has 2 atom stereocenters. The molecule has 2 aliphatic heterocycles. The highest BCUT2D eigenvalue weighted by Gasteiger charge is 2.26. The molecule has 0 bridgehead atoms. The van der Waals surface area contributed by atoms with E-state index in [0.717, 1.165) is 49.8 Å². The molecule has 0 spiro atoms. The van der Waals surface area contributed by atoms with Gasteiger partial charge in [-0.15, -0.1) is 0 Å². The number of aliphatic imine (C=N–C) groups is 1. The zero-order valence-corrected chi connectivity index (χ0v) is 16.5. The van der Waals surface area contributed by atoms with Crippen molar-refractivity contribution in [2.24, 2.45) is 22.6 Å². The van der Waals surface area contributed by atoms with Crippen LogP contribution < -0.4 is 16.0 Å². The number of nitrogens with zero attached hydrogens (tertiary/aromatic N) is 4. The number of amides is 1. The monoisotopic (exact) mass is 372 g/mol. The molecule has 1 aromatic heterocycles. The fourth-order valence-corrected chi connectivity index (χ4v) is 4.14. The lowest BCUT2D eigenvalue weighted by atomic mass is 9.97. The summed E-state index contributed by atoms with van der Waals surface area (Å²) >= 11 is 0. The molecule has 7 heteroatoms. The van der Waals surface area contributed by atoms with Gasteiger partial charge in [0.15, 0.2) is 5.96 Å². The zero-order valence-electron chi connectivity index (χ0n) is 16.5. The Labute approximate surface area is 162 Å². The minimum Gasteiger partial charge on any atom is -0.369 e. The van der Waals surface area contributed by atoms with E-state index >= 15 is 0 Å². The second kappa shape index (κ2) is 9.06. The molecular formula is C20H32N6O. The minimum absolute atomic E-state index is 0.0934. The van der Waals surface area contributed by atoms with Gasteiger partial charge in [0.1, 0.15) is 5.82 Å². The molecule has 2 aliphatic rings. The maximum Gasteiger partial charge on any atom is 0.222 e. The number of carbonyl (C=O) groups is 1. The number of anilines is 1. The van der Waals surface area contributed by atoms with Gasteiger partial charge in [0.25, 0.3) is 0 Å². The summed E-state index contributed by atoms with van der Waals surface area (Å²) in [5.41, 5.74) is 6.66. The van der Waals surface area contributed by atoms with Gasteiger partial charge in [-0.2, -0.15) is 0 Å². The van der Waals surface area contributed by atoms with Crippen LogP contribution in [0.3, 0.4) is 0 Å². The molecule has 1 amide bonds. The Morgan fingerprint density at radius 2 is 2.15 bits per heavy atom. The third kappa shape index (κ3) is 4.90. The zero-order chi connectivity index (χ0) is 19.2. The lowest BCUT2D eigenvalue weighted by Gasteiger charge is -2.35. The maximum atomic E-state index is 11.6. The highest BCUT2D eigenvalue weighted by molar-refractivity contribution is 5.80. The Kier molecular flexibility index (Phi) is 6.53. The van der Waals surface area contributed by atoms with Crippen LogP contribution in [-0.4, -0.2) is 55.0 Å². The quantitative estimate of drug-likeness (QED) is 0.619. The summed E-state index contributed by atoms with van der Waals surface area (Å²) in [7, 11) is 1.84. The summed E-state index contributed by atoms with van der Waals surface area (Å²) in [6, 6.07) is 4.05. The lowest BCUT2D eigenvalue weighted by molar-refractivity contribution is -0.122. The lowest BCUT2D eigenvalue weighted by Crippen LogP contribution is -2.46. The summed E-state index contributed by atoms with van der Waals surface area (Å²) in [6.07, 6.45) is 6.14. The molecule has 3 rings (SSSR count). The Hall–Kier alpha value is -2.31. The highest BCUT2D eigenvalue weighted by atomic mass is 16.1. The molecule has 0 saturated carbocycles. The number of likely N-dealkylation sites (tertiary alicyclic amines) is 1. The molecule has 27 heavy (non-hydrogen) atoms. The maximum absolute atomic E-state index is 11.6. The predicted molar refractivity (Wildman–Crippen MR) is 109 cm³/mol. The van der Waals surface area contributed by atoms with Gasteiger partial charge in [0.05, 0.1) is 5.92 Å². The van der Waals surface area contributed by atoms with Gasteiger partial charge in [-0.25, -0.2) is 4.98 Å². The summed E-state index contributed by atoms with van der Waals surface area (Å²) in [5, 5.41) is 3.51. The second-order valence-corrected chi connectivity index (χ2v) is 7.77. The summed E-state index contributed by atoms with van der Waals surface area (Å²) in [5.74, 6) is 2.29. The Bertz CT molecular complexity index is 676. The van der Waals surface area contributed by atoms with Crippen LogP contribution in [0.15, 0.2) is 23.3 Å². The van der Waals surface area contributed by atoms with Gasteiger partial charge in [0, 0.05) is 51.5 Å². The van der Waals surface area contributed by atoms with E-state index in [2.05, 4.69) is 38.1 Å². The first-order valence-electron chi connectivity index (χ1n) is 10.0. The van der Waals surface area contributed by atoms with E-state index in [1.165, 1.54) is 12.8 Å². The van der Waals surface area contributed by atoms with Crippen LogP contribution in [0.2, 0.25) is 0 Å². The number of aromatic nitrogens is 1. The van der Waals surface area contributed by atoms with E-state index in [-0.39, 0.29) is 11.8 Å². The van der Waals surface area contributed by atoms with Crippen LogP contribution in [0, 0.1) is 11.8 Å². The van der Waals surface area contributed by atoms with Gasteiger partial charge in [-0.05, 0) is 37.7 Å². The van der Waals surface area contributed by atoms with Gasteiger partial charge in [0.2, 0.25) is 5.91 Å². The van der Waals surface area contributed by atoms with Crippen molar-refractivity contribution >= 4 is 17.7 Å². The average molecular weight is 373 g/mol. The van der Waals surface area contributed by atoms with Crippen LogP contribution in [-0.2, 0) is 11.3 Å². The van der Waals surface area contributed by atoms with Gasteiger partial charge < -0.3 is 20.9 Å². The Balaban J connectivity index is 1.68. The standard InChI is InChI=1S/C20H32N6O/c1-15-6-4-11-26(13-15)20(22-2)24-12-16-7-3-9-23-19(16)25-10-5-8-17(14-25)18(21)27/h3,7,9,15,17H,4-6,8,10-14H2,1-2H3,(H2,21,27)(H,22,24). The van der Waals surface area contributed by atoms with Crippen LogP contribution in [0.4, 0.5) is 5.82 Å². The van der Waals surface area contributed by atoms with Crippen LogP contribution in [0.25, 0.3) is 0 Å². The van der Waals surface area contributed by atoms with E-state index in [1.54, 1.807) is 0 Å². The van der Waals surface area contributed by atoms with Crippen molar-refractivity contribution in [2.45, 2.75) is 39.2 Å². The van der Waals surface area contributed by atoms with Crippen molar-refractivity contribution in [1.29, 1.82) is 0 Å². The summed E-state index contributed by atoms with van der Waals surface area (Å²) < 4.78 is 0. The Morgan fingerprint density at radius 1 is 1.33 bits per heavy atom. The summed E-state index contributed by atoms with van der Waals surface area (Å²) in [4.78, 5) is 25.2. The van der Waals surface area contributed by atoms with Crippen molar-refractivity contribution in [2.75, 3.05) is 38.1 Å². The number of pyridine rings is 1. The Morgan fingerprint density at radius 3 is 2.89 bits per heavy atom. The van der Waals surface area contributed by atoms with Crippen molar-refractivity contribution < 1.29 is 4.79 Å². The second-order valence-electron chi connectivity index (χ2n) is 7.77. The molecular weight excluding hydrogens is 340 g/mol. The van der Waals surface area contributed by atoms with Crippen LogP contribution >= 0.6 is 0 Å². The summed E-state index contributed by atoms with van der Waals surface area (Å²) in [6.45, 7) is 6.62. The molecule has 0 aromatic carbocycles. The third-order valence-corrected chi connectivity index (χ3v) is 5.60. The molecule has 2 fully saturated rings. The number of nitrogens with two attached hydrogens (primary N) is 1. The van der Waals surface area contributed by atoms with Crippen molar-refractivity contribution in [3.8, 4) is 0 Å². The fraction of sp³-hybridized carbons (Fsp3) is 0.650. The van der Waals surface area contributed by atoms with Crippen LogP contribution in [0.1, 0.15) is 38.2 Å². The predicted octanol–water partition coefficient (Wildman–Crippen LogP) is 1.59. The normalized spacial score (nSPS) is 24.0. The largest absolute Gasteiger partial charge is 0.369 e. The molecule has 0 aliphatic carbocycles. The van der Waals surface area contributed by atoms with E-state index in [4.69, 9.17) is 5.73 Å². The molecule has 7 nitrogen and oxygen atoms in total. The van der Waals surface area contributed by atoms with Gasteiger partial charge in [-0.1, -0.05) is 13.0 Å². The van der Waals surface area contributed by atoms with E-state index in [1.807, 2.05) is 19.3 Å². The van der Waals surface area contributed by atoms with E-state index in [0.29, 0.717) is 19.0 Å². The SMILES string of the molecule is CN=C(NCc1cccnc1N1CCCC(C(N)=O)C1)N1CCCC(C)C1. The van der Waals surface area contributed by atoms with Gasteiger partial charge >= 0.3 is 0 Å². The van der Waals surface area contributed by atoms with Crippen molar-refractivity contribution in [1.82, 2.24) is 15.2 Å². The molecule has 148 valence electrons. The molecule has 1 aromatic rings. The number of hydrogen-bond donors (Lipinski definition) is 2. The topological polar surface area (TPSA) is 86.9 Å². The number of nitrogens with one attached hydrogen (secondary N) is 1. The smallest absolute Gasteiger partial charge is 0.222 e. The molecule has 2 saturated heterocycles. The van der Waals surface area contributed by atoms with Gasteiger partial charge in [-0.3, -0.25) is 9.79 Å². The minimum atomic E-state index is -0.213. The first kappa shape index (κ1) is 19.5. The number of primary amides is 1. The number of guanidine groups is 1. The van der Waals surface area contributed by atoms with Crippen LogP contribution in [0.5, 0.6) is 0 Å². The molecule has 3 heterocycles. The molecule has 0 radical (unpaired) electrons. The first-order valence-corrected chi connectivity index (χ1v) is 10.0.